The molecule has 0 aliphatic heterocycles. The van der Waals surface area contributed by atoms with E-state index in [0.717, 1.165) is 5.56 Å². The van der Waals surface area contributed by atoms with Crippen molar-refractivity contribution in [3.63, 3.8) is 0 Å². The Hall–Kier alpha value is -3.39. The Morgan fingerprint density at radius 2 is 1.89 bits per heavy atom. The SMILES string of the molecule is COC(=O)Nc1ccc(CNC(=O)c2nn(-c3cccc(Cl)c3)nc2C)cc1. The van der Waals surface area contributed by atoms with Crippen LogP contribution in [0.3, 0.4) is 0 Å². The van der Waals surface area contributed by atoms with Gasteiger partial charge in [-0.1, -0.05) is 29.8 Å². The molecular formula is C19H18ClN5O3. The van der Waals surface area contributed by atoms with Crippen molar-refractivity contribution in [3.05, 3.63) is 70.5 Å². The third-order valence-corrected chi connectivity index (χ3v) is 4.11. The van der Waals surface area contributed by atoms with E-state index < -0.39 is 6.09 Å². The second-order valence-electron chi connectivity index (χ2n) is 5.90. The zero-order chi connectivity index (χ0) is 20.1. The van der Waals surface area contributed by atoms with E-state index in [1.54, 1.807) is 55.5 Å². The van der Waals surface area contributed by atoms with Gasteiger partial charge in [-0.3, -0.25) is 10.1 Å². The summed E-state index contributed by atoms with van der Waals surface area (Å²) in [7, 11) is 1.30. The van der Waals surface area contributed by atoms with Gasteiger partial charge in [0.25, 0.3) is 5.91 Å². The molecule has 0 bridgehead atoms. The summed E-state index contributed by atoms with van der Waals surface area (Å²) in [5.41, 5.74) is 2.88. The molecule has 2 aromatic carbocycles. The number of halogens is 1. The van der Waals surface area contributed by atoms with Gasteiger partial charge in [-0.05, 0) is 42.8 Å². The number of nitrogens with zero attached hydrogens (tertiary/aromatic N) is 3. The molecule has 0 aliphatic rings. The van der Waals surface area contributed by atoms with Crippen molar-refractivity contribution in [2.24, 2.45) is 0 Å². The van der Waals surface area contributed by atoms with Gasteiger partial charge in [-0.15, -0.1) is 5.10 Å². The molecule has 3 rings (SSSR count). The number of hydrogen-bond acceptors (Lipinski definition) is 5. The van der Waals surface area contributed by atoms with Crippen LogP contribution in [0.15, 0.2) is 48.5 Å². The van der Waals surface area contributed by atoms with E-state index in [0.29, 0.717) is 28.6 Å². The second-order valence-corrected chi connectivity index (χ2v) is 6.34. The third kappa shape index (κ3) is 4.66. The van der Waals surface area contributed by atoms with Gasteiger partial charge in [0, 0.05) is 17.3 Å². The Balaban J connectivity index is 1.64. The fourth-order valence-electron chi connectivity index (χ4n) is 2.45. The minimum absolute atomic E-state index is 0.240. The van der Waals surface area contributed by atoms with Crippen LogP contribution >= 0.6 is 11.6 Å². The molecule has 0 saturated carbocycles. The molecule has 9 heteroatoms. The summed E-state index contributed by atoms with van der Waals surface area (Å²) in [4.78, 5) is 25.0. The Morgan fingerprint density at radius 3 is 2.57 bits per heavy atom. The first kappa shape index (κ1) is 19.4. The highest BCUT2D eigenvalue weighted by atomic mass is 35.5. The van der Waals surface area contributed by atoms with E-state index in [-0.39, 0.29) is 11.6 Å². The van der Waals surface area contributed by atoms with Crippen LogP contribution in [0.1, 0.15) is 21.7 Å². The number of carbonyl (C=O) groups is 2. The summed E-state index contributed by atoms with van der Waals surface area (Å²) in [6.07, 6.45) is -0.542. The predicted octanol–water partition coefficient (Wildman–Crippen LogP) is 3.34. The first-order valence-electron chi connectivity index (χ1n) is 8.38. The van der Waals surface area contributed by atoms with Gasteiger partial charge in [0.15, 0.2) is 5.69 Å². The van der Waals surface area contributed by atoms with Crippen LogP contribution in [0.4, 0.5) is 10.5 Å². The number of anilines is 1. The van der Waals surface area contributed by atoms with E-state index in [4.69, 9.17) is 11.6 Å². The van der Waals surface area contributed by atoms with Crippen LogP contribution in [0, 0.1) is 6.92 Å². The second kappa shape index (κ2) is 8.53. The summed E-state index contributed by atoms with van der Waals surface area (Å²) >= 11 is 5.99. The van der Waals surface area contributed by atoms with Crippen LogP contribution in [-0.2, 0) is 11.3 Å². The normalized spacial score (nSPS) is 10.4. The number of carbonyl (C=O) groups excluding carboxylic acids is 2. The van der Waals surface area contributed by atoms with Crippen molar-refractivity contribution in [2.45, 2.75) is 13.5 Å². The first-order valence-corrected chi connectivity index (χ1v) is 8.76. The van der Waals surface area contributed by atoms with E-state index in [1.807, 2.05) is 0 Å². The fourth-order valence-corrected chi connectivity index (χ4v) is 2.63. The molecule has 0 spiro atoms. The smallest absolute Gasteiger partial charge is 0.411 e. The van der Waals surface area contributed by atoms with Gasteiger partial charge in [0.05, 0.1) is 18.5 Å². The Morgan fingerprint density at radius 1 is 1.14 bits per heavy atom. The largest absolute Gasteiger partial charge is 0.453 e. The zero-order valence-electron chi connectivity index (χ0n) is 15.3. The lowest BCUT2D eigenvalue weighted by molar-refractivity contribution is 0.0945. The lowest BCUT2D eigenvalue weighted by atomic mass is 10.2. The number of amides is 2. The van der Waals surface area contributed by atoms with Crippen molar-refractivity contribution in [2.75, 3.05) is 12.4 Å². The van der Waals surface area contributed by atoms with Crippen LogP contribution in [0.25, 0.3) is 5.69 Å². The summed E-state index contributed by atoms with van der Waals surface area (Å²) in [5.74, 6) is -0.331. The van der Waals surface area contributed by atoms with E-state index in [1.165, 1.54) is 11.9 Å². The van der Waals surface area contributed by atoms with Crippen molar-refractivity contribution in [1.29, 1.82) is 0 Å². The van der Waals surface area contributed by atoms with Crippen LogP contribution in [-0.4, -0.2) is 34.1 Å². The summed E-state index contributed by atoms with van der Waals surface area (Å²) < 4.78 is 4.53. The van der Waals surface area contributed by atoms with E-state index in [2.05, 4.69) is 25.6 Å². The molecule has 0 saturated heterocycles. The Kier molecular flexibility index (Phi) is 5.90. The zero-order valence-corrected chi connectivity index (χ0v) is 16.0. The molecule has 0 unspecified atom stereocenters. The number of aromatic nitrogens is 3. The number of benzene rings is 2. The van der Waals surface area contributed by atoms with E-state index >= 15 is 0 Å². The highest BCUT2D eigenvalue weighted by molar-refractivity contribution is 6.30. The fraction of sp³-hybridized carbons (Fsp3) is 0.158. The van der Waals surface area contributed by atoms with Gasteiger partial charge >= 0.3 is 6.09 Å². The standard InChI is InChI=1S/C19H18ClN5O3/c1-12-17(24-25(23-12)16-5-3-4-14(20)10-16)18(26)21-11-13-6-8-15(9-7-13)22-19(27)28-2/h3-10H,11H2,1-2H3,(H,21,26)(H,22,27). The lowest BCUT2D eigenvalue weighted by Crippen LogP contribution is -2.24. The minimum Gasteiger partial charge on any atom is -0.453 e. The highest BCUT2D eigenvalue weighted by Crippen LogP contribution is 2.15. The number of hydrogen-bond donors (Lipinski definition) is 2. The number of rotatable bonds is 5. The Bertz CT molecular complexity index is 1000. The molecule has 144 valence electrons. The van der Waals surface area contributed by atoms with Crippen molar-refractivity contribution in [1.82, 2.24) is 20.3 Å². The molecule has 0 atom stereocenters. The maximum absolute atomic E-state index is 12.5. The van der Waals surface area contributed by atoms with Gasteiger partial charge in [0.1, 0.15) is 0 Å². The average Bonchev–Trinajstić information content (AvgIpc) is 3.09. The summed E-state index contributed by atoms with van der Waals surface area (Å²) in [6.45, 7) is 2.02. The number of ether oxygens (including phenoxy) is 1. The van der Waals surface area contributed by atoms with Crippen molar-refractivity contribution >= 4 is 29.3 Å². The molecule has 3 aromatic rings. The molecule has 0 radical (unpaired) electrons. The number of methoxy groups -OCH3 is 1. The third-order valence-electron chi connectivity index (χ3n) is 3.88. The Labute approximate surface area is 166 Å². The van der Waals surface area contributed by atoms with Gasteiger partial charge in [0.2, 0.25) is 0 Å². The molecule has 1 heterocycles. The van der Waals surface area contributed by atoms with Gasteiger partial charge in [-0.2, -0.15) is 9.90 Å². The van der Waals surface area contributed by atoms with Crippen LogP contribution in [0.2, 0.25) is 5.02 Å². The molecule has 2 amide bonds. The molecule has 8 nitrogen and oxygen atoms in total. The molecule has 28 heavy (non-hydrogen) atoms. The number of nitrogens with one attached hydrogen (secondary N) is 2. The van der Waals surface area contributed by atoms with Gasteiger partial charge < -0.3 is 10.1 Å². The monoisotopic (exact) mass is 399 g/mol. The van der Waals surface area contributed by atoms with Crippen LogP contribution < -0.4 is 10.6 Å². The highest BCUT2D eigenvalue weighted by Gasteiger charge is 2.16. The molecule has 0 fully saturated rings. The quantitative estimate of drug-likeness (QED) is 0.685. The van der Waals surface area contributed by atoms with Crippen molar-refractivity contribution < 1.29 is 14.3 Å². The topological polar surface area (TPSA) is 98.1 Å². The minimum atomic E-state index is -0.542. The maximum Gasteiger partial charge on any atom is 0.411 e. The van der Waals surface area contributed by atoms with Crippen molar-refractivity contribution in [3.8, 4) is 5.69 Å². The van der Waals surface area contributed by atoms with E-state index in [9.17, 15) is 9.59 Å². The molecular weight excluding hydrogens is 382 g/mol. The first-order chi connectivity index (χ1) is 13.5. The number of aryl methyl sites for hydroxylation is 1. The molecule has 1 aromatic heterocycles. The predicted molar refractivity (Wildman–Crippen MR) is 105 cm³/mol. The molecule has 0 aliphatic carbocycles. The average molecular weight is 400 g/mol. The van der Waals surface area contributed by atoms with Gasteiger partial charge in [-0.25, -0.2) is 4.79 Å². The van der Waals surface area contributed by atoms with Crippen LogP contribution in [0.5, 0.6) is 0 Å². The molecule has 2 N–H and O–H groups in total. The summed E-state index contributed by atoms with van der Waals surface area (Å²) in [6, 6.07) is 14.1. The maximum atomic E-state index is 12.5. The lowest BCUT2D eigenvalue weighted by Gasteiger charge is -2.06. The summed E-state index contributed by atoms with van der Waals surface area (Å²) in [5, 5.41) is 14.5.